The van der Waals surface area contributed by atoms with Crippen LogP contribution >= 0.6 is 0 Å². The van der Waals surface area contributed by atoms with Gasteiger partial charge in [-0.15, -0.1) is 0 Å². The number of likely N-dealkylation sites (tertiary alicyclic amines) is 1. The van der Waals surface area contributed by atoms with E-state index in [1.807, 2.05) is 25.7 Å². The Morgan fingerprint density at radius 2 is 1.32 bits per heavy atom. The molecular formula is C31H37NO2. The molecule has 178 valence electrons. The number of carbonyl (C=O) groups excluding carboxylic acids is 1. The van der Waals surface area contributed by atoms with Gasteiger partial charge >= 0.3 is 6.09 Å². The summed E-state index contributed by atoms with van der Waals surface area (Å²) in [6.45, 7) is 8.85. The highest BCUT2D eigenvalue weighted by Gasteiger charge is 2.41. The summed E-state index contributed by atoms with van der Waals surface area (Å²) in [6.07, 6.45) is 1.66. The first kappa shape index (κ1) is 24.1. The van der Waals surface area contributed by atoms with Crippen LogP contribution in [0.5, 0.6) is 0 Å². The van der Waals surface area contributed by atoms with E-state index in [1.165, 1.54) is 16.7 Å². The number of hydrogen-bond acceptors (Lipinski definition) is 2. The SMILES string of the molecule is CC(c1ccccc1)C1CC(CC(c2ccccc2)c2ccccc2)N(C(=O)OC(C)(C)C)C1. The van der Waals surface area contributed by atoms with E-state index in [1.54, 1.807) is 0 Å². The molecule has 0 bridgehead atoms. The van der Waals surface area contributed by atoms with Crippen LogP contribution in [0.1, 0.15) is 69.1 Å². The molecule has 1 amide bonds. The first-order chi connectivity index (χ1) is 16.3. The summed E-state index contributed by atoms with van der Waals surface area (Å²) >= 11 is 0. The second-order valence-electron chi connectivity index (χ2n) is 10.6. The van der Waals surface area contributed by atoms with Crippen molar-refractivity contribution >= 4 is 6.09 Å². The second kappa shape index (κ2) is 10.5. The van der Waals surface area contributed by atoms with Gasteiger partial charge in [-0.1, -0.05) is 97.9 Å². The van der Waals surface area contributed by atoms with Gasteiger partial charge in [0.15, 0.2) is 0 Å². The molecule has 0 spiro atoms. The van der Waals surface area contributed by atoms with Gasteiger partial charge in [0.2, 0.25) is 0 Å². The highest BCUT2D eigenvalue weighted by molar-refractivity contribution is 5.69. The molecule has 1 saturated heterocycles. The minimum Gasteiger partial charge on any atom is -0.444 e. The number of hydrogen-bond donors (Lipinski definition) is 0. The molecule has 4 rings (SSSR count). The Morgan fingerprint density at radius 3 is 1.79 bits per heavy atom. The standard InChI is InChI=1S/C31H37NO2/c1-23(24-14-8-5-9-15-24)27-20-28(32(22-27)30(33)34-31(2,3)4)21-29(25-16-10-6-11-17-25)26-18-12-7-13-19-26/h5-19,23,27-29H,20-22H2,1-4H3. The fourth-order valence-electron chi connectivity index (χ4n) is 5.22. The first-order valence-corrected chi connectivity index (χ1v) is 12.5. The van der Waals surface area contributed by atoms with E-state index in [4.69, 9.17) is 4.74 Å². The number of nitrogens with zero attached hydrogens (tertiary/aromatic N) is 1. The largest absolute Gasteiger partial charge is 0.444 e. The molecule has 3 atom stereocenters. The lowest BCUT2D eigenvalue weighted by Gasteiger charge is -2.31. The van der Waals surface area contributed by atoms with Crippen LogP contribution in [-0.4, -0.2) is 29.2 Å². The van der Waals surface area contributed by atoms with Crippen molar-refractivity contribution in [3.05, 3.63) is 108 Å². The van der Waals surface area contributed by atoms with Gasteiger partial charge in [0.05, 0.1) is 0 Å². The number of amides is 1. The van der Waals surface area contributed by atoms with Crippen LogP contribution in [0.2, 0.25) is 0 Å². The Labute approximate surface area is 204 Å². The zero-order valence-corrected chi connectivity index (χ0v) is 20.9. The lowest BCUT2D eigenvalue weighted by atomic mass is 9.82. The van der Waals surface area contributed by atoms with Gasteiger partial charge in [-0.3, -0.25) is 0 Å². The molecule has 1 aliphatic rings. The lowest BCUT2D eigenvalue weighted by molar-refractivity contribution is 0.0212. The Balaban J connectivity index is 1.63. The summed E-state index contributed by atoms with van der Waals surface area (Å²) in [5.41, 5.74) is 3.40. The van der Waals surface area contributed by atoms with Crippen molar-refractivity contribution in [2.24, 2.45) is 5.92 Å². The quantitative estimate of drug-likeness (QED) is 0.382. The van der Waals surface area contributed by atoms with Crippen LogP contribution in [0.4, 0.5) is 4.79 Å². The Morgan fingerprint density at radius 1 is 0.853 bits per heavy atom. The monoisotopic (exact) mass is 455 g/mol. The number of rotatable bonds is 6. The third-order valence-electron chi connectivity index (χ3n) is 7.02. The average Bonchev–Trinajstić information content (AvgIpc) is 3.27. The predicted molar refractivity (Wildman–Crippen MR) is 139 cm³/mol. The molecule has 0 saturated carbocycles. The van der Waals surface area contributed by atoms with Gasteiger partial charge in [-0.25, -0.2) is 4.79 Å². The third-order valence-corrected chi connectivity index (χ3v) is 7.02. The Kier molecular flexibility index (Phi) is 7.41. The summed E-state index contributed by atoms with van der Waals surface area (Å²) in [5.74, 6) is 0.998. The van der Waals surface area contributed by atoms with Crippen molar-refractivity contribution in [3.8, 4) is 0 Å². The predicted octanol–water partition coefficient (Wildman–Crippen LogP) is 7.64. The summed E-state index contributed by atoms with van der Waals surface area (Å²) in [5, 5.41) is 0. The molecule has 0 radical (unpaired) electrons. The van der Waals surface area contributed by atoms with Crippen molar-refractivity contribution in [2.45, 2.75) is 64.0 Å². The smallest absolute Gasteiger partial charge is 0.410 e. The van der Waals surface area contributed by atoms with E-state index in [-0.39, 0.29) is 18.1 Å². The molecule has 0 aromatic heterocycles. The van der Waals surface area contributed by atoms with Crippen molar-refractivity contribution in [2.75, 3.05) is 6.54 Å². The van der Waals surface area contributed by atoms with Crippen LogP contribution in [0.3, 0.4) is 0 Å². The van der Waals surface area contributed by atoms with Gasteiger partial charge in [0.25, 0.3) is 0 Å². The number of carbonyl (C=O) groups is 1. The molecule has 3 aromatic rings. The highest BCUT2D eigenvalue weighted by atomic mass is 16.6. The van der Waals surface area contributed by atoms with Crippen molar-refractivity contribution in [1.29, 1.82) is 0 Å². The number of benzene rings is 3. The molecule has 3 nitrogen and oxygen atoms in total. The Bertz CT molecular complexity index is 1000. The fourth-order valence-corrected chi connectivity index (χ4v) is 5.22. The van der Waals surface area contributed by atoms with Crippen molar-refractivity contribution in [1.82, 2.24) is 4.90 Å². The minimum absolute atomic E-state index is 0.122. The van der Waals surface area contributed by atoms with E-state index in [2.05, 4.69) is 97.9 Å². The zero-order valence-electron chi connectivity index (χ0n) is 20.9. The molecule has 34 heavy (non-hydrogen) atoms. The van der Waals surface area contributed by atoms with E-state index in [0.29, 0.717) is 11.8 Å². The van der Waals surface area contributed by atoms with Gasteiger partial charge in [0.1, 0.15) is 5.60 Å². The molecule has 0 aliphatic carbocycles. The Hall–Kier alpha value is -3.07. The molecule has 1 heterocycles. The van der Waals surface area contributed by atoms with Crippen molar-refractivity contribution in [3.63, 3.8) is 0 Å². The van der Waals surface area contributed by atoms with E-state index >= 15 is 0 Å². The normalized spacial score (nSPS) is 19.3. The highest BCUT2D eigenvalue weighted by Crippen LogP contribution is 2.40. The molecule has 3 unspecified atom stereocenters. The van der Waals surface area contributed by atoms with Gasteiger partial charge in [-0.2, -0.15) is 0 Å². The summed E-state index contributed by atoms with van der Waals surface area (Å²) in [4.78, 5) is 15.3. The van der Waals surface area contributed by atoms with Gasteiger partial charge in [-0.05, 0) is 62.1 Å². The maximum absolute atomic E-state index is 13.3. The average molecular weight is 456 g/mol. The second-order valence-corrected chi connectivity index (χ2v) is 10.6. The maximum Gasteiger partial charge on any atom is 0.410 e. The molecule has 3 heteroatoms. The molecular weight excluding hydrogens is 418 g/mol. The van der Waals surface area contributed by atoms with E-state index < -0.39 is 5.60 Å². The van der Waals surface area contributed by atoms with E-state index in [0.717, 1.165) is 19.4 Å². The molecule has 0 N–H and O–H groups in total. The number of ether oxygens (including phenoxy) is 1. The molecule has 3 aromatic carbocycles. The van der Waals surface area contributed by atoms with Crippen molar-refractivity contribution < 1.29 is 9.53 Å². The summed E-state index contributed by atoms with van der Waals surface area (Å²) in [6, 6.07) is 32.1. The lowest BCUT2D eigenvalue weighted by Crippen LogP contribution is -2.40. The summed E-state index contributed by atoms with van der Waals surface area (Å²) in [7, 11) is 0. The topological polar surface area (TPSA) is 29.5 Å². The van der Waals surface area contributed by atoms with Gasteiger partial charge in [0, 0.05) is 18.5 Å². The third kappa shape index (κ3) is 5.88. The van der Waals surface area contributed by atoms with Crippen LogP contribution in [0.15, 0.2) is 91.0 Å². The minimum atomic E-state index is -0.511. The first-order valence-electron chi connectivity index (χ1n) is 12.5. The van der Waals surface area contributed by atoms with E-state index in [9.17, 15) is 4.79 Å². The van der Waals surface area contributed by atoms with Crippen LogP contribution < -0.4 is 0 Å². The fraction of sp³-hybridized carbons (Fsp3) is 0.387. The molecule has 1 aliphatic heterocycles. The zero-order chi connectivity index (χ0) is 24.1. The van der Waals surface area contributed by atoms with Crippen LogP contribution in [0.25, 0.3) is 0 Å². The van der Waals surface area contributed by atoms with Gasteiger partial charge < -0.3 is 9.64 Å². The van der Waals surface area contributed by atoms with Crippen LogP contribution in [0, 0.1) is 5.92 Å². The molecule has 1 fully saturated rings. The maximum atomic E-state index is 13.3. The summed E-state index contributed by atoms with van der Waals surface area (Å²) < 4.78 is 5.87. The van der Waals surface area contributed by atoms with Crippen LogP contribution in [-0.2, 0) is 4.74 Å².